The average Bonchev–Trinajstić information content (AvgIpc) is 2.51. The zero-order valence-corrected chi connectivity index (χ0v) is 8.33. The molecular weight excluding hydrogens is 192 g/mol. The molecule has 0 aromatic carbocycles. The van der Waals surface area contributed by atoms with Gasteiger partial charge in [-0.1, -0.05) is 6.42 Å². The maximum atomic E-state index is 11.8. The molecule has 15 heavy (non-hydrogen) atoms. The van der Waals surface area contributed by atoms with E-state index in [1.807, 2.05) is 0 Å². The summed E-state index contributed by atoms with van der Waals surface area (Å²) in [6.07, 6.45) is 8.59. The SMILES string of the molecule is O=c1n(CC2CCC2)nc2cnccn12. The van der Waals surface area contributed by atoms with Crippen LogP contribution in [0.1, 0.15) is 19.3 Å². The first kappa shape index (κ1) is 8.64. The molecule has 78 valence electrons. The third kappa shape index (κ3) is 1.35. The minimum absolute atomic E-state index is 0.0562. The maximum Gasteiger partial charge on any atom is 0.350 e. The van der Waals surface area contributed by atoms with Gasteiger partial charge in [0, 0.05) is 18.9 Å². The summed E-state index contributed by atoms with van der Waals surface area (Å²) in [5.41, 5.74) is 0.570. The van der Waals surface area contributed by atoms with Crippen molar-refractivity contribution in [2.24, 2.45) is 5.92 Å². The molecule has 1 saturated carbocycles. The number of fused-ring (bicyclic) bond motifs is 1. The standard InChI is InChI=1S/C10H12N4O/c15-10-13-5-4-11-6-9(13)12-14(10)7-8-2-1-3-8/h4-6,8H,1-3,7H2. The van der Waals surface area contributed by atoms with Crippen LogP contribution in [0, 0.1) is 5.92 Å². The van der Waals surface area contributed by atoms with Crippen LogP contribution in [0.5, 0.6) is 0 Å². The van der Waals surface area contributed by atoms with Gasteiger partial charge in [-0.2, -0.15) is 0 Å². The van der Waals surface area contributed by atoms with Crippen LogP contribution in [0.2, 0.25) is 0 Å². The fraction of sp³-hybridized carbons (Fsp3) is 0.500. The molecule has 0 bridgehead atoms. The minimum atomic E-state index is -0.0562. The first-order chi connectivity index (χ1) is 7.34. The molecule has 0 atom stereocenters. The molecule has 1 fully saturated rings. The van der Waals surface area contributed by atoms with Gasteiger partial charge in [-0.15, -0.1) is 5.10 Å². The van der Waals surface area contributed by atoms with Gasteiger partial charge in [-0.05, 0) is 18.8 Å². The highest BCUT2D eigenvalue weighted by atomic mass is 16.2. The third-order valence-electron chi connectivity index (χ3n) is 3.04. The van der Waals surface area contributed by atoms with E-state index in [-0.39, 0.29) is 5.69 Å². The van der Waals surface area contributed by atoms with Crippen LogP contribution in [-0.2, 0) is 6.54 Å². The van der Waals surface area contributed by atoms with Crippen molar-refractivity contribution >= 4 is 5.65 Å². The Labute approximate surface area is 86.4 Å². The molecule has 3 rings (SSSR count). The molecule has 0 saturated heterocycles. The van der Waals surface area contributed by atoms with Gasteiger partial charge in [0.25, 0.3) is 0 Å². The van der Waals surface area contributed by atoms with Crippen molar-refractivity contribution in [1.29, 1.82) is 0 Å². The Bertz CT molecular complexity index is 538. The maximum absolute atomic E-state index is 11.8. The van der Waals surface area contributed by atoms with Crippen molar-refractivity contribution in [3.63, 3.8) is 0 Å². The van der Waals surface area contributed by atoms with Crippen molar-refractivity contribution in [3.05, 3.63) is 29.1 Å². The molecule has 2 aromatic rings. The lowest BCUT2D eigenvalue weighted by molar-refractivity contribution is 0.263. The van der Waals surface area contributed by atoms with Crippen LogP contribution in [-0.4, -0.2) is 19.2 Å². The van der Waals surface area contributed by atoms with Crippen LogP contribution in [0.4, 0.5) is 0 Å². The van der Waals surface area contributed by atoms with E-state index in [1.54, 1.807) is 23.3 Å². The average molecular weight is 204 g/mol. The first-order valence-electron chi connectivity index (χ1n) is 5.24. The smallest absolute Gasteiger partial charge is 0.259 e. The number of nitrogens with zero attached hydrogens (tertiary/aromatic N) is 4. The summed E-state index contributed by atoms with van der Waals surface area (Å²) in [6, 6.07) is 0. The topological polar surface area (TPSA) is 52.2 Å². The summed E-state index contributed by atoms with van der Waals surface area (Å²) in [5.74, 6) is 0.639. The molecule has 5 nitrogen and oxygen atoms in total. The van der Waals surface area contributed by atoms with E-state index < -0.39 is 0 Å². The lowest BCUT2D eigenvalue weighted by atomic mass is 9.86. The molecule has 0 unspecified atom stereocenters. The molecular formula is C10H12N4O. The summed E-state index contributed by atoms with van der Waals surface area (Å²) in [7, 11) is 0. The van der Waals surface area contributed by atoms with E-state index in [0.717, 1.165) is 6.54 Å². The Morgan fingerprint density at radius 2 is 2.33 bits per heavy atom. The van der Waals surface area contributed by atoms with Gasteiger partial charge < -0.3 is 0 Å². The van der Waals surface area contributed by atoms with Gasteiger partial charge in [0.05, 0.1) is 6.20 Å². The largest absolute Gasteiger partial charge is 0.350 e. The molecule has 2 aromatic heterocycles. The zero-order chi connectivity index (χ0) is 10.3. The number of rotatable bonds is 2. The van der Waals surface area contributed by atoms with Gasteiger partial charge in [0.1, 0.15) is 0 Å². The summed E-state index contributed by atoms with van der Waals surface area (Å²) >= 11 is 0. The van der Waals surface area contributed by atoms with Gasteiger partial charge in [0.2, 0.25) is 0 Å². The van der Waals surface area contributed by atoms with Crippen molar-refractivity contribution in [2.75, 3.05) is 0 Å². The predicted octanol–water partition coefficient (Wildman–Crippen LogP) is 0.691. The quantitative estimate of drug-likeness (QED) is 0.723. The molecule has 1 aliphatic rings. The highest BCUT2D eigenvalue weighted by molar-refractivity contribution is 5.31. The second-order valence-corrected chi connectivity index (χ2v) is 4.07. The Kier molecular flexibility index (Phi) is 1.83. The number of hydrogen-bond donors (Lipinski definition) is 0. The van der Waals surface area contributed by atoms with E-state index in [2.05, 4.69) is 10.1 Å². The van der Waals surface area contributed by atoms with Gasteiger partial charge in [-0.25, -0.2) is 13.9 Å². The molecule has 1 aliphatic carbocycles. The lowest BCUT2D eigenvalue weighted by Gasteiger charge is -2.24. The molecule has 2 heterocycles. The Balaban J connectivity index is 2.03. The molecule has 0 aliphatic heterocycles. The van der Waals surface area contributed by atoms with E-state index in [0.29, 0.717) is 11.6 Å². The summed E-state index contributed by atoms with van der Waals surface area (Å²) in [5, 5.41) is 4.24. The van der Waals surface area contributed by atoms with E-state index >= 15 is 0 Å². The van der Waals surface area contributed by atoms with Gasteiger partial charge >= 0.3 is 5.69 Å². The fourth-order valence-electron chi connectivity index (χ4n) is 1.92. The van der Waals surface area contributed by atoms with Gasteiger partial charge in [-0.3, -0.25) is 4.98 Å². The summed E-state index contributed by atoms with van der Waals surface area (Å²) < 4.78 is 3.09. The predicted molar refractivity (Wildman–Crippen MR) is 54.6 cm³/mol. The van der Waals surface area contributed by atoms with Crippen LogP contribution >= 0.6 is 0 Å². The Morgan fingerprint density at radius 3 is 3.00 bits per heavy atom. The minimum Gasteiger partial charge on any atom is -0.259 e. The molecule has 0 spiro atoms. The van der Waals surface area contributed by atoms with Crippen molar-refractivity contribution in [1.82, 2.24) is 19.2 Å². The Hall–Kier alpha value is -1.65. The summed E-state index contributed by atoms with van der Waals surface area (Å²) in [6.45, 7) is 0.751. The molecule has 5 heteroatoms. The highest BCUT2D eigenvalue weighted by Crippen LogP contribution is 2.27. The molecule has 0 N–H and O–H groups in total. The highest BCUT2D eigenvalue weighted by Gasteiger charge is 2.19. The first-order valence-corrected chi connectivity index (χ1v) is 5.24. The van der Waals surface area contributed by atoms with Crippen LogP contribution in [0.25, 0.3) is 5.65 Å². The van der Waals surface area contributed by atoms with Crippen LogP contribution < -0.4 is 5.69 Å². The van der Waals surface area contributed by atoms with E-state index in [9.17, 15) is 4.79 Å². The monoisotopic (exact) mass is 204 g/mol. The fourth-order valence-corrected chi connectivity index (χ4v) is 1.92. The molecule has 0 amide bonds. The normalized spacial score (nSPS) is 16.8. The van der Waals surface area contributed by atoms with Crippen molar-refractivity contribution in [3.8, 4) is 0 Å². The lowest BCUT2D eigenvalue weighted by Crippen LogP contribution is -2.27. The third-order valence-corrected chi connectivity index (χ3v) is 3.04. The number of hydrogen-bond acceptors (Lipinski definition) is 3. The van der Waals surface area contributed by atoms with Crippen molar-refractivity contribution < 1.29 is 0 Å². The van der Waals surface area contributed by atoms with Gasteiger partial charge in [0.15, 0.2) is 5.65 Å². The van der Waals surface area contributed by atoms with Crippen LogP contribution in [0.3, 0.4) is 0 Å². The van der Waals surface area contributed by atoms with E-state index in [4.69, 9.17) is 0 Å². The zero-order valence-electron chi connectivity index (χ0n) is 8.33. The second-order valence-electron chi connectivity index (χ2n) is 4.07. The number of aromatic nitrogens is 4. The second kappa shape index (κ2) is 3.18. The van der Waals surface area contributed by atoms with Crippen LogP contribution in [0.15, 0.2) is 23.4 Å². The molecule has 0 radical (unpaired) electrons. The Morgan fingerprint density at radius 1 is 1.47 bits per heavy atom. The van der Waals surface area contributed by atoms with Crippen molar-refractivity contribution in [2.45, 2.75) is 25.8 Å². The summed E-state index contributed by atoms with van der Waals surface area (Å²) in [4.78, 5) is 15.8. The van der Waals surface area contributed by atoms with E-state index in [1.165, 1.54) is 23.7 Å².